The summed E-state index contributed by atoms with van der Waals surface area (Å²) in [6.45, 7) is 9.87. The minimum atomic E-state index is 0.347. The van der Waals surface area contributed by atoms with Crippen LogP contribution < -0.4 is 0 Å². The summed E-state index contributed by atoms with van der Waals surface area (Å²) in [4.78, 5) is 19.8. The average Bonchev–Trinajstić information content (AvgIpc) is 3.10. The van der Waals surface area contributed by atoms with Crippen LogP contribution in [0, 0.1) is 0 Å². The van der Waals surface area contributed by atoms with Gasteiger partial charge in [-0.15, -0.1) is 0 Å². The van der Waals surface area contributed by atoms with Gasteiger partial charge in [-0.2, -0.15) is 0 Å². The highest BCUT2D eigenvalue weighted by Crippen LogP contribution is 2.35. The first kappa shape index (κ1) is 18.0. The lowest BCUT2D eigenvalue weighted by Crippen LogP contribution is -2.51. The highest BCUT2D eigenvalue weighted by atomic mass is 16.5. The summed E-state index contributed by atoms with van der Waals surface area (Å²) in [5.41, 5.74) is 2.85. The molecule has 5 heteroatoms. The number of aryl methyl sites for hydroxylation is 1. The van der Waals surface area contributed by atoms with Gasteiger partial charge in [-0.05, 0) is 29.9 Å². The molecule has 0 aromatic heterocycles. The van der Waals surface area contributed by atoms with Crippen molar-refractivity contribution in [1.82, 2.24) is 14.7 Å². The molecule has 1 atom stereocenters. The maximum Gasteiger partial charge on any atom is 0.223 e. The van der Waals surface area contributed by atoms with Crippen LogP contribution in [0.25, 0.3) is 0 Å². The van der Waals surface area contributed by atoms with Crippen molar-refractivity contribution < 1.29 is 9.53 Å². The maximum absolute atomic E-state index is 12.8. The smallest absolute Gasteiger partial charge is 0.223 e. The van der Waals surface area contributed by atoms with Crippen molar-refractivity contribution in [3.63, 3.8) is 0 Å². The number of carbonyl (C=O) groups excluding carboxylic acids is 1. The Morgan fingerprint density at radius 3 is 2.42 bits per heavy atom. The van der Waals surface area contributed by atoms with E-state index < -0.39 is 0 Å². The first-order chi connectivity index (χ1) is 12.8. The Hall–Kier alpha value is -1.43. The van der Waals surface area contributed by atoms with Gasteiger partial charge in [0, 0.05) is 58.8 Å². The number of nitrogens with zero attached hydrogens (tertiary/aromatic N) is 3. The minimum absolute atomic E-state index is 0.347. The van der Waals surface area contributed by atoms with Crippen LogP contribution in [-0.2, 0) is 16.0 Å². The van der Waals surface area contributed by atoms with Crippen LogP contribution in [0.4, 0.5) is 0 Å². The maximum atomic E-state index is 12.8. The largest absolute Gasteiger partial charge is 0.379 e. The number of carbonyl (C=O) groups is 1. The second-order valence-electron chi connectivity index (χ2n) is 7.81. The molecular formula is C21H31N3O2. The lowest BCUT2D eigenvalue weighted by molar-refractivity contribution is -0.133. The predicted molar refractivity (Wildman–Crippen MR) is 102 cm³/mol. The fourth-order valence-corrected chi connectivity index (χ4v) is 4.53. The molecule has 1 aliphatic carbocycles. The van der Waals surface area contributed by atoms with E-state index in [1.54, 1.807) is 0 Å². The molecule has 2 heterocycles. The number of amides is 1. The molecule has 1 unspecified atom stereocenters. The molecule has 2 saturated heterocycles. The second kappa shape index (κ2) is 8.51. The number of hydrogen-bond acceptors (Lipinski definition) is 4. The number of ether oxygens (including phenoxy) is 1. The fraction of sp³-hybridized carbons (Fsp3) is 0.667. The van der Waals surface area contributed by atoms with E-state index in [4.69, 9.17) is 4.74 Å². The Labute approximate surface area is 156 Å². The van der Waals surface area contributed by atoms with Crippen LogP contribution in [0.5, 0.6) is 0 Å². The highest BCUT2D eigenvalue weighted by Gasteiger charge is 2.28. The van der Waals surface area contributed by atoms with Gasteiger partial charge < -0.3 is 9.64 Å². The van der Waals surface area contributed by atoms with Crippen molar-refractivity contribution in [2.75, 3.05) is 65.6 Å². The Bertz CT molecular complexity index is 607. The van der Waals surface area contributed by atoms with Gasteiger partial charge in [0.1, 0.15) is 0 Å². The number of benzene rings is 1. The van der Waals surface area contributed by atoms with Crippen LogP contribution in [0.2, 0.25) is 0 Å². The molecule has 2 fully saturated rings. The zero-order valence-corrected chi connectivity index (χ0v) is 15.7. The number of fused-ring (bicyclic) bond motifs is 1. The van der Waals surface area contributed by atoms with E-state index in [2.05, 4.69) is 39.0 Å². The van der Waals surface area contributed by atoms with Crippen molar-refractivity contribution >= 4 is 5.91 Å². The van der Waals surface area contributed by atoms with Gasteiger partial charge in [0.25, 0.3) is 0 Å². The zero-order valence-electron chi connectivity index (χ0n) is 15.7. The Morgan fingerprint density at radius 1 is 0.962 bits per heavy atom. The zero-order chi connectivity index (χ0) is 17.8. The van der Waals surface area contributed by atoms with Gasteiger partial charge in [0.2, 0.25) is 5.91 Å². The van der Waals surface area contributed by atoms with E-state index >= 15 is 0 Å². The molecule has 26 heavy (non-hydrogen) atoms. The van der Waals surface area contributed by atoms with Gasteiger partial charge in [0.15, 0.2) is 0 Å². The van der Waals surface area contributed by atoms with E-state index in [-0.39, 0.29) is 0 Å². The van der Waals surface area contributed by atoms with E-state index in [0.29, 0.717) is 18.2 Å². The van der Waals surface area contributed by atoms with Crippen molar-refractivity contribution in [2.24, 2.45) is 0 Å². The molecule has 0 spiro atoms. The molecular weight excluding hydrogens is 326 g/mol. The van der Waals surface area contributed by atoms with E-state index in [1.165, 1.54) is 11.1 Å². The molecule has 1 aromatic carbocycles. The van der Waals surface area contributed by atoms with Gasteiger partial charge in [-0.1, -0.05) is 24.3 Å². The summed E-state index contributed by atoms with van der Waals surface area (Å²) < 4.78 is 5.41. The molecule has 0 N–H and O–H groups in total. The average molecular weight is 357 g/mol. The highest BCUT2D eigenvalue weighted by molar-refractivity contribution is 5.77. The summed E-state index contributed by atoms with van der Waals surface area (Å²) in [5.74, 6) is 0.776. The Balaban J connectivity index is 1.20. The number of piperazine rings is 1. The Kier molecular flexibility index (Phi) is 5.88. The van der Waals surface area contributed by atoms with Crippen molar-refractivity contribution in [2.45, 2.75) is 25.2 Å². The van der Waals surface area contributed by atoms with Gasteiger partial charge in [-0.3, -0.25) is 14.6 Å². The molecule has 2 aliphatic heterocycles. The molecule has 1 amide bonds. The van der Waals surface area contributed by atoms with Crippen LogP contribution in [0.1, 0.15) is 29.9 Å². The third-order valence-electron chi connectivity index (χ3n) is 6.24. The quantitative estimate of drug-likeness (QED) is 0.802. The monoisotopic (exact) mass is 357 g/mol. The van der Waals surface area contributed by atoms with Crippen LogP contribution in [0.15, 0.2) is 24.3 Å². The molecule has 4 rings (SSSR count). The molecule has 0 saturated carbocycles. The van der Waals surface area contributed by atoms with E-state index in [0.717, 1.165) is 78.4 Å². The van der Waals surface area contributed by atoms with Gasteiger partial charge >= 0.3 is 0 Å². The summed E-state index contributed by atoms with van der Waals surface area (Å²) in [7, 11) is 0. The Morgan fingerprint density at radius 2 is 1.65 bits per heavy atom. The third kappa shape index (κ3) is 4.27. The summed E-state index contributed by atoms with van der Waals surface area (Å²) in [5, 5.41) is 0. The summed E-state index contributed by atoms with van der Waals surface area (Å²) in [6.07, 6.45) is 2.94. The molecule has 142 valence electrons. The lowest BCUT2D eigenvalue weighted by Gasteiger charge is -2.36. The van der Waals surface area contributed by atoms with Gasteiger partial charge in [0.05, 0.1) is 13.2 Å². The second-order valence-corrected chi connectivity index (χ2v) is 7.81. The molecule has 0 radical (unpaired) electrons. The lowest BCUT2D eigenvalue weighted by atomic mass is 9.97. The number of hydrogen-bond donors (Lipinski definition) is 0. The van der Waals surface area contributed by atoms with Crippen molar-refractivity contribution in [3.05, 3.63) is 35.4 Å². The predicted octanol–water partition coefficient (Wildman–Crippen LogP) is 1.58. The SMILES string of the molecule is O=C(CC1CCc2ccccc21)N1CCN(CCN2CCOCC2)CC1. The first-order valence-corrected chi connectivity index (χ1v) is 10.2. The molecule has 5 nitrogen and oxygen atoms in total. The van der Waals surface area contributed by atoms with Crippen molar-refractivity contribution in [3.8, 4) is 0 Å². The number of morpholine rings is 1. The fourth-order valence-electron chi connectivity index (χ4n) is 4.53. The number of rotatable bonds is 5. The normalized spacial score (nSPS) is 24.6. The summed E-state index contributed by atoms with van der Waals surface area (Å²) in [6, 6.07) is 8.64. The van der Waals surface area contributed by atoms with Crippen LogP contribution >= 0.6 is 0 Å². The standard InChI is InChI=1S/C21H31N3O2/c25-21(17-19-6-5-18-3-1-2-4-20(18)19)24-11-9-22(10-12-24)7-8-23-13-15-26-16-14-23/h1-4,19H,5-17H2. The third-order valence-corrected chi connectivity index (χ3v) is 6.24. The van der Waals surface area contributed by atoms with E-state index in [9.17, 15) is 4.79 Å². The molecule has 1 aromatic rings. The first-order valence-electron chi connectivity index (χ1n) is 10.2. The molecule has 3 aliphatic rings. The van der Waals surface area contributed by atoms with E-state index in [1.807, 2.05) is 0 Å². The molecule has 0 bridgehead atoms. The summed E-state index contributed by atoms with van der Waals surface area (Å²) >= 11 is 0. The van der Waals surface area contributed by atoms with Gasteiger partial charge in [-0.25, -0.2) is 0 Å². The minimum Gasteiger partial charge on any atom is -0.379 e. The van der Waals surface area contributed by atoms with Crippen LogP contribution in [0.3, 0.4) is 0 Å². The topological polar surface area (TPSA) is 36.0 Å². The van der Waals surface area contributed by atoms with Crippen LogP contribution in [-0.4, -0.2) is 86.2 Å². The van der Waals surface area contributed by atoms with Crippen molar-refractivity contribution in [1.29, 1.82) is 0 Å².